The van der Waals surface area contributed by atoms with Crippen molar-refractivity contribution in [2.45, 2.75) is 13.5 Å². The molecule has 2 rings (SSSR count). The molecule has 1 heterocycles. The molecule has 0 aliphatic carbocycles. The fourth-order valence-electron chi connectivity index (χ4n) is 1.76. The van der Waals surface area contributed by atoms with E-state index in [1.54, 1.807) is 28.8 Å². The summed E-state index contributed by atoms with van der Waals surface area (Å²) in [5, 5.41) is 8.86. The molecular weight excluding hydrogens is 226 g/mol. The first-order valence-electron chi connectivity index (χ1n) is 5.57. The van der Waals surface area contributed by atoms with Crippen LogP contribution in [0.1, 0.15) is 16.8 Å². The first-order valence-corrected chi connectivity index (χ1v) is 5.57. The van der Waals surface area contributed by atoms with E-state index in [4.69, 9.17) is 11.0 Å². The average Bonchev–Trinajstić information content (AvgIpc) is 2.37. The number of hydrogen-bond donors (Lipinski definition) is 1. The van der Waals surface area contributed by atoms with E-state index in [2.05, 4.69) is 0 Å². The minimum absolute atomic E-state index is 0.163. The molecule has 90 valence electrons. The van der Waals surface area contributed by atoms with Gasteiger partial charge in [-0.3, -0.25) is 4.79 Å². The zero-order valence-electron chi connectivity index (χ0n) is 10.1. The standard InChI is InChI=1S/C14H13N3O/c1-10-2-5-12(8-15)14(18)17(10)9-11-3-6-13(16)7-4-11/h2-7H,9,16H2,1H3. The molecule has 2 N–H and O–H groups in total. The number of aromatic nitrogens is 1. The van der Waals surface area contributed by atoms with Gasteiger partial charge in [-0.05, 0) is 36.8 Å². The number of nitrogens with two attached hydrogens (primary N) is 1. The van der Waals surface area contributed by atoms with Gasteiger partial charge in [0, 0.05) is 11.4 Å². The molecule has 0 spiro atoms. The van der Waals surface area contributed by atoms with Crippen LogP contribution in [0, 0.1) is 18.3 Å². The van der Waals surface area contributed by atoms with Gasteiger partial charge in [-0.1, -0.05) is 12.1 Å². The number of rotatable bonds is 2. The number of pyridine rings is 1. The van der Waals surface area contributed by atoms with Gasteiger partial charge in [0.25, 0.3) is 5.56 Å². The predicted molar refractivity (Wildman–Crippen MR) is 70.1 cm³/mol. The zero-order chi connectivity index (χ0) is 13.1. The predicted octanol–water partition coefficient (Wildman–Crippen LogP) is 1.66. The lowest BCUT2D eigenvalue weighted by Crippen LogP contribution is -2.24. The van der Waals surface area contributed by atoms with Crippen molar-refractivity contribution in [1.82, 2.24) is 4.57 Å². The topological polar surface area (TPSA) is 71.8 Å². The molecule has 0 radical (unpaired) electrons. The van der Waals surface area contributed by atoms with E-state index in [-0.39, 0.29) is 11.1 Å². The Morgan fingerprint density at radius 3 is 2.50 bits per heavy atom. The van der Waals surface area contributed by atoms with Crippen LogP contribution in [0.2, 0.25) is 0 Å². The molecular formula is C14H13N3O. The molecule has 0 amide bonds. The van der Waals surface area contributed by atoms with Gasteiger partial charge in [0.2, 0.25) is 0 Å². The molecule has 0 aliphatic rings. The summed E-state index contributed by atoms with van der Waals surface area (Å²) in [5.74, 6) is 0. The van der Waals surface area contributed by atoms with Crippen molar-refractivity contribution in [2.75, 3.05) is 5.73 Å². The number of benzene rings is 1. The van der Waals surface area contributed by atoms with E-state index in [0.717, 1.165) is 11.3 Å². The molecule has 0 aliphatic heterocycles. The molecule has 0 unspecified atom stereocenters. The molecule has 4 nitrogen and oxygen atoms in total. The van der Waals surface area contributed by atoms with Gasteiger partial charge < -0.3 is 10.3 Å². The molecule has 4 heteroatoms. The molecule has 1 aromatic heterocycles. The Labute approximate surface area is 105 Å². The number of anilines is 1. The van der Waals surface area contributed by atoms with Crippen LogP contribution < -0.4 is 11.3 Å². The van der Waals surface area contributed by atoms with Gasteiger partial charge in [0.05, 0.1) is 6.54 Å². The van der Waals surface area contributed by atoms with Crippen LogP contribution in [-0.4, -0.2) is 4.57 Å². The molecule has 0 saturated carbocycles. The minimum Gasteiger partial charge on any atom is -0.399 e. The second-order valence-electron chi connectivity index (χ2n) is 4.13. The Morgan fingerprint density at radius 1 is 1.22 bits per heavy atom. The highest BCUT2D eigenvalue weighted by atomic mass is 16.1. The summed E-state index contributed by atoms with van der Waals surface area (Å²) in [4.78, 5) is 12.0. The van der Waals surface area contributed by atoms with Crippen molar-refractivity contribution in [3.63, 3.8) is 0 Å². The van der Waals surface area contributed by atoms with Crippen LogP contribution in [-0.2, 0) is 6.54 Å². The molecule has 2 aromatic rings. The number of hydrogen-bond acceptors (Lipinski definition) is 3. The molecule has 0 bridgehead atoms. The lowest BCUT2D eigenvalue weighted by molar-refractivity contribution is 0.727. The maximum Gasteiger partial charge on any atom is 0.268 e. The largest absolute Gasteiger partial charge is 0.399 e. The van der Waals surface area contributed by atoms with Crippen LogP contribution in [0.15, 0.2) is 41.2 Å². The van der Waals surface area contributed by atoms with E-state index in [1.165, 1.54) is 0 Å². The number of nitrogens with zero attached hydrogens (tertiary/aromatic N) is 2. The summed E-state index contributed by atoms with van der Waals surface area (Å²) in [6, 6.07) is 12.6. The summed E-state index contributed by atoms with van der Waals surface area (Å²) < 4.78 is 1.59. The lowest BCUT2D eigenvalue weighted by atomic mass is 10.2. The van der Waals surface area contributed by atoms with Gasteiger partial charge >= 0.3 is 0 Å². The SMILES string of the molecule is Cc1ccc(C#N)c(=O)n1Cc1ccc(N)cc1. The zero-order valence-corrected chi connectivity index (χ0v) is 10.1. The number of nitrogen functional groups attached to an aromatic ring is 1. The highest BCUT2D eigenvalue weighted by Gasteiger charge is 2.06. The van der Waals surface area contributed by atoms with Gasteiger partial charge in [0.15, 0.2) is 0 Å². The van der Waals surface area contributed by atoms with Gasteiger partial charge in [-0.25, -0.2) is 0 Å². The summed E-state index contributed by atoms with van der Waals surface area (Å²) in [6.07, 6.45) is 0. The monoisotopic (exact) mass is 239 g/mol. The highest BCUT2D eigenvalue weighted by molar-refractivity contribution is 5.39. The maximum absolute atomic E-state index is 12.0. The summed E-state index contributed by atoms with van der Waals surface area (Å²) in [6.45, 7) is 2.29. The van der Waals surface area contributed by atoms with Gasteiger partial charge in [-0.2, -0.15) is 5.26 Å². The number of nitriles is 1. The second-order valence-corrected chi connectivity index (χ2v) is 4.13. The Hall–Kier alpha value is -2.54. The van der Waals surface area contributed by atoms with Gasteiger partial charge in [0.1, 0.15) is 11.6 Å². The normalized spacial score (nSPS) is 10.0. The van der Waals surface area contributed by atoms with Crippen LogP contribution in [0.3, 0.4) is 0 Å². The lowest BCUT2D eigenvalue weighted by Gasteiger charge is -2.10. The Bertz CT molecular complexity index is 663. The third-order valence-electron chi connectivity index (χ3n) is 2.83. The molecule has 0 atom stereocenters. The first-order chi connectivity index (χ1) is 8.61. The van der Waals surface area contributed by atoms with Gasteiger partial charge in [-0.15, -0.1) is 0 Å². The first kappa shape index (κ1) is 11.9. The second kappa shape index (κ2) is 4.76. The van der Waals surface area contributed by atoms with Crippen molar-refractivity contribution in [3.05, 3.63) is 63.6 Å². The van der Waals surface area contributed by atoms with Crippen molar-refractivity contribution in [2.24, 2.45) is 0 Å². The van der Waals surface area contributed by atoms with E-state index in [9.17, 15) is 4.79 Å². The Balaban J connectivity index is 2.43. The van der Waals surface area contributed by atoms with Crippen LogP contribution in [0.5, 0.6) is 0 Å². The average molecular weight is 239 g/mol. The van der Waals surface area contributed by atoms with E-state index >= 15 is 0 Å². The molecule has 0 fully saturated rings. The van der Waals surface area contributed by atoms with E-state index in [1.807, 2.05) is 25.1 Å². The van der Waals surface area contributed by atoms with Crippen molar-refractivity contribution >= 4 is 5.69 Å². The van der Waals surface area contributed by atoms with Crippen molar-refractivity contribution in [3.8, 4) is 6.07 Å². The minimum atomic E-state index is -0.255. The maximum atomic E-state index is 12.0. The van der Waals surface area contributed by atoms with Crippen LogP contribution in [0.4, 0.5) is 5.69 Å². The summed E-state index contributed by atoms with van der Waals surface area (Å²) >= 11 is 0. The fourth-order valence-corrected chi connectivity index (χ4v) is 1.76. The Morgan fingerprint density at radius 2 is 1.89 bits per heavy atom. The van der Waals surface area contributed by atoms with Crippen LogP contribution in [0.25, 0.3) is 0 Å². The fraction of sp³-hybridized carbons (Fsp3) is 0.143. The molecule has 0 saturated heterocycles. The van der Waals surface area contributed by atoms with Crippen molar-refractivity contribution < 1.29 is 0 Å². The molecule has 1 aromatic carbocycles. The quantitative estimate of drug-likeness (QED) is 0.810. The Kier molecular flexibility index (Phi) is 3.16. The van der Waals surface area contributed by atoms with Crippen molar-refractivity contribution in [1.29, 1.82) is 5.26 Å². The number of aryl methyl sites for hydroxylation is 1. The van der Waals surface area contributed by atoms with Crippen LogP contribution >= 0.6 is 0 Å². The molecule has 18 heavy (non-hydrogen) atoms. The summed E-state index contributed by atoms with van der Waals surface area (Å²) in [5.41, 5.74) is 8.02. The van der Waals surface area contributed by atoms with E-state index in [0.29, 0.717) is 12.2 Å². The third-order valence-corrected chi connectivity index (χ3v) is 2.83. The third kappa shape index (κ3) is 2.25. The summed E-state index contributed by atoms with van der Waals surface area (Å²) in [7, 11) is 0. The smallest absolute Gasteiger partial charge is 0.268 e. The van der Waals surface area contributed by atoms with E-state index < -0.39 is 0 Å². The highest BCUT2D eigenvalue weighted by Crippen LogP contribution is 2.08.